The highest BCUT2D eigenvalue weighted by molar-refractivity contribution is 5.98. The molecule has 2 aromatic heterocycles. The van der Waals surface area contributed by atoms with Crippen LogP contribution in [0.2, 0.25) is 0 Å². The van der Waals surface area contributed by atoms with Crippen molar-refractivity contribution in [3.63, 3.8) is 0 Å². The molecule has 0 unspecified atom stereocenters. The normalized spacial score (nSPS) is 13.8. The molecule has 1 aliphatic rings. The number of aromatic nitrogens is 4. The molecule has 5 rings (SSSR count). The van der Waals surface area contributed by atoms with Crippen molar-refractivity contribution in [1.29, 1.82) is 5.26 Å². The summed E-state index contributed by atoms with van der Waals surface area (Å²) in [5.41, 5.74) is 4.70. The lowest BCUT2D eigenvalue weighted by Gasteiger charge is -2.16. The van der Waals surface area contributed by atoms with E-state index in [1.54, 1.807) is 30.3 Å². The van der Waals surface area contributed by atoms with Crippen molar-refractivity contribution in [2.24, 2.45) is 0 Å². The maximum Gasteiger partial charge on any atom is 0.338 e. The third-order valence-corrected chi connectivity index (χ3v) is 6.80. The number of esters is 1. The van der Waals surface area contributed by atoms with Gasteiger partial charge in [-0.15, -0.1) is 0 Å². The number of rotatable bonds is 8. The van der Waals surface area contributed by atoms with Crippen LogP contribution >= 0.6 is 0 Å². The SMILES string of the molecule is C=CCOC(=O)c1ccc2c(c1C)CC[C@@H]2NC(=O)c1cc(C(=O)NCc2ccc(C#N)cc2)nc2ncnn12. The molecule has 0 aliphatic heterocycles. The number of benzene rings is 2. The molecule has 0 saturated heterocycles. The first-order chi connectivity index (χ1) is 19.4. The van der Waals surface area contributed by atoms with Crippen LogP contribution in [0.4, 0.5) is 0 Å². The molecule has 0 spiro atoms. The molecule has 0 saturated carbocycles. The minimum Gasteiger partial charge on any atom is -0.458 e. The highest BCUT2D eigenvalue weighted by Gasteiger charge is 2.29. The Morgan fingerprint density at radius 3 is 2.75 bits per heavy atom. The van der Waals surface area contributed by atoms with Crippen LogP contribution in [0.15, 0.2) is 61.4 Å². The number of ether oxygens (including phenoxy) is 1. The average molecular weight is 536 g/mol. The number of fused-ring (bicyclic) bond motifs is 2. The van der Waals surface area contributed by atoms with Gasteiger partial charge < -0.3 is 15.4 Å². The van der Waals surface area contributed by atoms with Gasteiger partial charge in [-0.25, -0.2) is 9.78 Å². The molecule has 0 radical (unpaired) electrons. The number of nitrogens with one attached hydrogen (secondary N) is 2. The molecule has 2 aromatic carbocycles. The minimum absolute atomic E-state index is 0.0182. The van der Waals surface area contributed by atoms with Crippen molar-refractivity contribution in [3.05, 3.63) is 106 Å². The highest BCUT2D eigenvalue weighted by Crippen LogP contribution is 2.35. The van der Waals surface area contributed by atoms with E-state index in [0.717, 1.165) is 22.3 Å². The maximum atomic E-state index is 13.4. The van der Waals surface area contributed by atoms with E-state index < -0.39 is 17.8 Å². The molecule has 200 valence electrons. The third-order valence-electron chi connectivity index (χ3n) is 6.80. The van der Waals surface area contributed by atoms with Crippen molar-refractivity contribution < 1.29 is 19.1 Å². The van der Waals surface area contributed by atoms with Gasteiger partial charge in [0.25, 0.3) is 17.6 Å². The van der Waals surface area contributed by atoms with Gasteiger partial charge >= 0.3 is 5.97 Å². The fraction of sp³-hybridized carbons (Fsp3) is 0.207. The predicted octanol–water partition coefficient (Wildman–Crippen LogP) is 2.99. The second-order valence-corrected chi connectivity index (χ2v) is 9.25. The first kappa shape index (κ1) is 26.2. The second kappa shape index (κ2) is 11.2. The fourth-order valence-electron chi connectivity index (χ4n) is 4.76. The van der Waals surface area contributed by atoms with E-state index in [0.29, 0.717) is 24.0 Å². The van der Waals surface area contributed by atoms with Crippen molar-refractivity contribution in [1.82, 2.24) is 30.2 Å². The second-order valence-electron chi connectivity index (χ2n) is 9.25. The number of nitrogens with zero attached hydrogens (tertiary/aromatic N) is 5. The highest BCUT2D eigenvalue weighted by atomic mass is 16.5. The first-order valence-corrected chi connectivity index (χ1v) is 12.6. The smallest absolute Gasteiger partial charge is 0.338 e. The summed E-state index contributed by atoms with van der Waals surface area (Å²) in [6, 6.07) is 13.5. The van der Waals surface area contributed by atoms with Crippen LogP contribution in [-0.4, -0.2) is 44.0 Å². The summed E-state index contributed by atoms with van der Waals surface area (Å²) in [5.74, 6) is -1.23. The number of carbonyl (C=O) groups excluding carboxylic acids is 3. The molecule has 2 N–H and O–H groups in total. The molecule has 0 fully saturated rings. The van der Waals surface area contributed by atoms with Crippen LogP contribution in [0.25, 0.3) is 5.78 Å². The first-order valence-electron chi connectivity index (χ1n) is 12.6. The number of hydrogen-bond donors (Lipinski definition) is 2. The molecule has 11 nitrogen and oxygen atoms in total. The topological polar surface area (TPSA) is 151 Å². The Morgan fingerprint density at radius 1 is 1.20 bits per heavy atom. The molecule has 1 atom stereocenters. The molecule has 4 aromatic rings. The van der Waals surface area contributed by atoms with Gasteiger partial charge in [-0.1, -0.05) is 30.9 Å². The monoisotopic (exact) mass is 535 g/mol. The van der Waals surface area contributed by atoms with E-state index >= 15 is 0 Å². The van der Waals surface area contributed by atoms with Crippen molar-refractivity contribution >= 4 is 23.6 Å². The zero-order valence-corrected chi connectivity index (χ0v) is 21.7. The van der Waals surface area contributed by atoms with Gasteiger partial charge in [0.1, 0.15) is 24.3 Å². The van der Waals surface area contributed by atoms with Gasteiger partial charge in [-0.2, -0.15) is 19.9 Å². The standard InChI is InChI=1S/C29H25N7O4/c1-3-12-40-28(39)21-8-9-22-20(17(21)2)10-11-23(22)34-27(38)25-13-24(35-29-32-16-33-36(25)29)26(37)31-15-19-6-4-18(14-30)5-7-19/h3-9,13,16,23H,1,10-12,15H2,2H3,(H,31,37)(H,34,38)/t23-/m0/s1. The largest absolute Gasteiger partial charge is 0.458 e. The average Bonchev–Trinajstić information content (AvgIpc) is 3.62. The summed E-state index contributed by atoms with van der Waals surface area (Å²) < 4.78 is 6.47. The van der Waals surface area contributed by atoms with Crippen LogP contribution in [0, 0.1) is 18.3 Å². The lowest BCUT2D eigenvalue weighted by atomic mass is 9.98. The third kappa shape index (κ3) is 5.15. The summed E-state index contributed by atoms with van der Waals surface area (Å²) in [6.45, 7) is 5.78. The predicted molar refractivity (Wildman–Crippen MR) is 143 cm³/mol. The van der Waals surface area contributed by atoms with Gasteiger partial charge in [0.15, 0.2) is 0 Å². The Morgan fingerprint density at radius 2 is 2.00 bits per heavy atom. The van der Waals surface area contributed by atoms with Gasteiger partial charge in [0, 0.05) is 12.6 Å². The zero-order chi connectivity index (χ0) is 28.2. The number of carbonyl (C=O) groups is 3. The van der Waals surface area contributed by atoms with Crippen LogP contribution in [0.1, 0.15) is 71.6 Å². The Bertz CT molecular complexity index is 1690. The summed E-state index contributed by atoms with van der Waals surface area (Å²) in [5, 5.41) is 18.9. The molecule has 2 amide bonds. The van der Waals surface area contributed by atoms with Crippen LogP contribution in [0.5, 0.6) is 0 Å². The lowest BCUT2D eigenvalue weighted by molar-refractivity contribution is 0.0548. The fourth-order valence-corrected chi connectivity index (χ4v) is 4.76. The Labute approximate surface area is 229 Å². The zero-order valence-electron chi connectivity index (χ0n) is 21.7. The molecule has 1 aliphatic carbocycles. The van der Waals surface area contributed by atoms with Crippen LogP contribution in [-0.2, 0) is 17.7 Å². The molecule has 11 heteroatoms. The number of hydrogen-bond acceptors (Lipinski definition) is 8. The molecule has 0 bridgehead atoms. The number of amides is 2. The molecular weight excluding hydrogens is 510 g/mol. The summed E-state index contributed by atoms with van der Waals surface area (Å²) in [7, 11) is 0. The van der Waals surface area contributed by atoms with Crippen LogP contribution in [0.3, 0.4) is 0 Å². The van der Waals surface area contributed by atoms with Crippen molar-refractivity contribution in [2.45, 2.75) is 32.4 Å². The number of nitriles is 1. The van der Waals surface area contributed by atoms with Crippen molar-refractivity contribution in [3.8, 4) is 6.07 Å². The van der Waals surface area contributed by atoms with Crippen molar-refractivity contribution in [2.75, 3.05) is 6.61 Å². The van der Waals surface area contributed by atoms with Crippen LogP contribution < -0.4 is 10.6 Å². The lowest BCUT2D eigenvalue weighted by Crippen LogP contribution is -2.30. The Kier molecular flexibility index (Phi) is 7.33. The summed E-state index contributed by atoms with van der Waals surface area (Å²) in [6.07, 6.45) is 4.11. The minimum atomic E-state index is -0.485. The summed E-state index contributed by atoms with van der Waals surface area (Å²) in [4.78, 5) is 47.1. The Balaban J connectivity index is 1.34. The van der Waals surface area contributed by atoms with E-state index in [4.69, 9.17) is 10.00 Å². The quantitative estimate of drug-likeness (QED) is 0.258. The van der Waals surface area contributed by atoms with E-state index in [9.17, 15) is 14.4 Å². The van der Waals surface area contributed by atoms with E-state index in [1.807, 2.05) is 13.0 Å². The van der Waals surface area contributed by atoms with E-state index in [1.165, 1.54) is 23.0 Å². The van der Waals surface area contributed by atoms with Gasteiger partial charge in [0.05, 0.1) is 23.2 Å². The maximum absolute atomic E-state index is 13.4. The summed E-state index contributed by atoms with van der Waals surface area (Å²) >= 11 is 0. The van der Waals surface area contributed by atoms with E-state index in [2.05, 4.69) is 38.3 Å². The van der Waals surface area contributed by atoms with E-state index in [-0.39, 0.29) is 36.4 Å². The van der Waals surface area contributed by atoms with Gasteiger partial charge in [0.2, 0.25) is 0 Å². The van der Waals surface area contributed by atoms with Gasteiger partial charge in [-0.05, 0) is 60.2 Å². The molecule has 2 heterocycles. The molecular formula is C29H25N7O4. The van der Waals surface area contributed by atoms with Gasteiger partial charge in [-0.3, -0.25) is 9.59 Å². The molecule has 40 heavy (non-hydrogen) atoms. The Hall–Kier alpha value is -5.37.